The summed E-state index contributed by atoms with van der Waals surface area (Å²) in [7, 11) is 0. The lowest BCUT2D eigenvalue weighted by atomic mass is 10.1. The van der Waals surface area contributed by atoms with Crippen molar-refractivity contribution in [1.82, 2.24) is 4.98 Å². The number of anilines is 2. The van der Waals surface area contributed by atoms with E-state index in [1.165, 1.54) is 16.7 Å². The number of aromatic nitrogens is 1. The minimum absolute atomic E-state index is 0.836. The Balaban J connectivity index is 1.91. The monoisotopic (exact) mass is 225 g/mol. The third-order valence-electron chi connectivity index (χ3n) is 3.18. The largest absolute Gasteiger partial charge is 0.399 e. The summed E-state index contributed by atoms with van der Waals surface area (Å²) < 4.78 is 0. The normalized spacial score (nSPS) is 13.8. The lowest BCUT2D eigenvalue weighted by molar-refractivity contribution is 0.855. The van der Waals surface area contributed by atoms with E-state index in [1.807, 2.05) is 18.3 Å². The van der Waals surface area contributed by atoms with Gasteiger partial charge in [0.15, 0.2) is 0 Å². The molecule has 1 aromatic heterocycles. The van der Waals surface area contributed by atoms with Crippen LogP contribution in [0.5, 0.6) is 0 Å². The zero-order chi connectivity index (χ0) is 11.8. The fourth-order valence-electron chi connectivity index (χ4n) is 2.27. The van der Waals surface area contributed by atoms with Crippen molar-refractivity contribution < 1.29 is 0 Å². The van der Waals surface area contributed by atoms with Crippen molar-refractivity contribution in [3.8, 4) is 0 Å². The predicted molar refractivity (Wildman–Crippen MR) is 69.7 cm³/mol. The number of nitrogens with zero attached hydrogens (tertiary/aromatic N) is 2. The smallest absolute Gasteiger partial charge is 0.129 e. The van der Waals surface area contributed by atoms with Crippen LogP contribution >= 0.6 is 0 Å². The molecular weight excluding hydrogens is 210 g/mol. The summed E-state index contributed by atoms with van der Waals surface area (Å²) in [6.45, 7) is 3.91. The van der Waals surface area contributed by atoms with Gasteiger partial charge < -0.3 is 10.6 Å². The molecule has 17 heavy (non-hydrogen) atoms. The van der Waals surface area contributed by atoms with Crippen LogP contribution in [0.4, 0.5) is 11.5 Å². The molecule has 2 N–H and O–H groups in total. The molecule has 0 bridgehead atoms. The van der Waals surface area contributed by atoms with Crippen LogP contribution in [0.1, 0.15) is 16.7 Å². The van der Waals surface area contributed by atoms with Crippen LogP contribution < -0.4 is 10.6 Å². The van der Waals surface area contributed by atoms with E-state index in [-0.39, 0.29) is 0 Å². The van der Waals surface area contributed by atoms with Crippen LogP contribution in [0.2, 0.25) is 0 Å². The van der Waals surface area contributed by atoms with Gasteiger partial charge in [-0.25, -0.2) is 4.98 Å². The number of benzene rings is 1. The third-order valence-corrected chi connectivity index (χ3v) is 3.18. The number of aryl methyl sites for hydroxylation is 1. The highest BCUT2D eigenvalue weighted by Crippen LogP contribution is 2.28. The van der Waals surface area contributed by atoms with E-state index in [0.29, 0.717) is 0 Å². The quantitative estimate of drug-likeness (QED) is 0.758. The number of nitrogen functional groups attached to an aromatic ring is 1. The molecule has 3 nitrogen and oxygen atoms in total. The van der Waals surface area contributed by atoms with Crippen molar-refractivity contribution in [3.05, 3.63) is 53.2 Å². The van der Waals surface area contributed by atoms with Crippen LogP contribution in [0.3, 0.4) is 0 Å². The maximum Gasteiger partial charge on any atom is 0.129 e. The van der Waals surface area contributed by atoms with E-state index in [0.717, 1.165) is 24.6 Å². The molecule has 0 radical (unpaired) electrons. The summed E-state index contributed by atoms with van der Waals surface area (Å²) in [4.78, 5) is 6.70. The highest BCUT2D eigenvalue weighted by Gasteiger charge is 2.19. The van der Waals surface area contributed by atoms with Gasteiger partial charge in [0, 0.05) is 25.0 Å². The lowest BCUT2D eigenvalue weighted by Crippen LogP contribution is -2.15. The highest BCUT2D eigenvalue weighted by molar-refractivity contribution is 5.52. The number of rotatable bonds is 1. The third kappa shape index (κ3) is 1.84. The second kappa shape index (κ2) is 3.77. The predicted octanol–water partition coefficient (Wildman–Crippen LogP) is 2.49. The number of nitrogens with two attached hydrogens (primary N) is 1. The average Bonchev–Trinajstić information content (AvgIpc) is 2.72. The standard InChI is InChI=1S/C14H15N3/c1-10-4-5-16-14(6-10)17-8-11-2-3-13(15)7-12(11)9-17/h2-7H,8-9,15H2,1H3. The Kier molecular flexibility index (Phi) is 2.25. The molecule has 86 valence electrons. The van der Waals surface area contributed by atoms with Gasteiger partial charge in [-0.1, -0.05) is 6.07 Å². The number of pyridine rings is 1. The first-order valence-electron chi connectivity index (χ1n) is 5.77. The van der Waals surface area contributed by atoms with Crippen molar-refractivity contribution in [3.63, 3.8) is 0 Å². The Labute approximate surface area is 101 Å². The Hall–Kier alpha value is -2.03. The van der Waals surface area contributed by atoms with Gasteiger partial charge in [0.05, 0.1) is 0 Å². The zero-order valence-corrected chi connectivity index (χ0v) is 9.85. The van der Waals surface area contributed by atoms with Crippen molar-refractivity contribution in [2.45, 2.75) is 20.0 Å². The van der Waals surface area contributed by atoms with E-state index >= 15 is 0 Å². The SMILES string of the molecule is Cc1ccnc(N2Cc3ccc(N)cc3C2)c1. The molecule has 0 fully saturated rings. The maximum absolute atomic E-state index is 5.80. The molecule has 0 atom stereocenters. The first-order chi connectivity index (χ1) is 8.22. The average molecular weight is 225 g/mol. The lowest BCUT2D eigenvalue weighted by Gasteiger charge is -2.16. The summed E-state index contributed by atoms with van der Waals surface area (Å²) in [5.74, 6) is 1.04. The van der Waals surface area contributed by atoms with Gasteiger partial charge >= 0.3 is 0 Å². The minimum Gasteiger partial charge on any atom is -0.399 e. The zero-order valence-electron chi connectivity index (χ0n) is 9.85. The molecule has 1 aliphatic rings. The highest BCUT2D eigenvalue weighted by atomic mass is 15.2. The van der Waals surface area contributed by atoms with E-state index in [4.69, 9.17) is 5.73 Å². The van der Waals surface area contributed by atoms with Gasteiger partial charge in [0.25, 0.3) is 0 Å². The van der Waals surface area contributed by atoms with Gasteiger partial charge in [-0.3, -0.25) is 0 Å². The van der Waals surface area contributed by atoms with Crippen LogP contribution in [-0.2, 0) is 13.1 Å². The fourth-order valence-corrected chi connectivity index (χ4v) is 2.27. The number of hydrogen-bond donors (Lipinski definition) is 1. The second-order valence-corrected chi connectivity index (χ2v) is 4.58. The summed E-state index contributed by atoms with van der Waals surface area (Å²) >= 11 is 0. The Morgan fingerprint density at radius 3 is 2.76 bits per heavy atom. The van der Waals surface area contributed by atoms with Gasteiger partial charge in [0.1, 0.15) is 5.82 Å². The summed E-state index contributed by atoms with van der Waals surface area (Å²) in [6.07, 6.45) is 1.86. The fraction of sp³-hybridized carbons (Fsp3) is 0.214. The van der Waals surface area contributed by atoms with Crippen molar-refractivity contribution in [1.29, 1.82) is 0 Å². The van der Waals surface area contributed by atoms with E-state index in [2.05, 4.69) is 35.0 Å². The van der Waals surface area contributed by atoms with E-state index < -0.39 is 0 Å². The molecule has 1 aromatic carbocycles. The second-order valence-electron chi connectivity index (χ2n) is 4.58. The van der Waals surface area contributed by atoms with Crippen LogP contribution in [0, 0.1) is 6.92 Å². The van der Waals surface area contributed by atoms with Crippen LogP contribution in [-0.4, -0.2) is 4.98 Å². The van der Waals surface area contributed by atoms with E-state index in [1.54, 1.807) is 0 Å². The molecule has 1 aliphatic heterocycles. The Morgan fingerprint density at radius 2 is 1.94 bits per heavy atom. The molecular formula is C14H15N3. The van der Waals surface area contributed by atoms with Crippen LogP contribution in [0.15, 0.2) is 36.5 Å². The summed E-state index contributed by atoms with van der Waals surface area (Å²) in [5.41, 5.74) is 10.5. The molecule has 2 heterocycles. The van der Waals surface area contributed by atoms with Gasteiger partial charge in [-0.05, 0) is 47.9 Å². The first kappa shape index (κ1) is 10.1. The first-order valence-corrected chi connectivity index (χ1v) is 5.77. The van der Waals surface area contributed by atoms with Gasteiger partial charge in [-0.15, -0.1) is 0 Å². The molecule has 0 saturated carbocycles. The summed E-state index contributed by atoms with van der Waals surface area (Å²) in [5, 5.41) is 0. The van der Waals surface area contributed by atoms with Crippen LogP contribution in [0.25, 0.3) is 0 Å². The van der Waals surface area contributed by atoms with E-state index in [9.17, 15) is 0 Å². The molecule has 3 heteroatoms. The maximum atomic E-state index is 5.80. The molecule has 2 aromatic rings. The molecule has 0 aliphatic carbocycles. The minimum atomic E-state index is 0.836. The number of fused-ring (bicyclic) bond motifs is 1. The number of hydrogen-bond acceptors (Lipinski definition) is 3. The molecule has 0 saturated heterocycles. The Bertz CT molecular complexity index is 563. The molecule has 3 rings (SSSR count). The Morgan fingerprint density at radius 1 is 1.12 bits per heavy atom. The molecule has 0 unspecified atom stereocenters. The topological polar surface area (TPSA) is 42.2 Å². The van der Waals surface area contributed by atoms with Crippen molar-refractivity contribution >= 4 is 11.5 Å². The van der Waals surface area contributed by atoms with Crippen molar-refractivity contribution in [2.75, 3.05) is 10.6 Å². The van der Waals surface area contributed by atoms with Crippen molar-refractivity contribution in [2.24, 2.45) is 0 Å². The summed E-state index contributed by atoms with van der Waals surface area (Å²) in [6, 6.07) is 10.3. The molecule has 0 spiro atoms. The van der Waals surface area contributed by atoms with Gasteiger partial charge in [0.2, 0.25) is 0 Å². The van der Waals surface area contributed by atoms with Gasteiger partial charge in [-0.2, -0.15) is 0 Å². The molecule has 0 amide bonds.